The molecule has 2 heterocycles. The number of rotatable bonds is 3. The Kier molecular flexibility index (Phi) is 4.80. The molecular formula is C21H26N2. The molecule has 0 N–H and O–H groups in total. The van der Waals surface area contributed by atoms with Gasteiger partial charge >= 0.3 is 0 Å². The summed E-state index contributed by atoms with van der Waals surface area (Å²) in [6, 6.07) is 11.1. The predicted octanol–water partition coefficient (Wildman–Crippen LogP) is 5.17. The Morgan fingerprint density at radius 3 is 2.22 bits per heavy atom. The first-order chi connectivity index (χ1) is 11.1. The smallest absolute Gasteiger partial charge is 0.0653 e. The number of anilines is 1. The van der Waals surface area contributed by atoms with E-state index in [1.807, 2.05) is 0 Å². The Morgan fingerprint density at radius 1 is 0.826 bits per heavy atom. The summed E-state index contributed by atoms with van der Waals surface area (Å²) in [5, 5.41) is 0. The molecular weight excluding hydrogens is 280 g/mol. The van der Waals surface area contributed by atoms with Gasteiger partial charge in [-0.05, 0) is 63.8 Å². The van der Waals surface area contributed by atoms with E-state index in [0.717, 1.165) is 11.4 Å². The summed E-state index contributed by atoms with van der Waals surface area (Å²) in [6.45, 7) is 8.71. The summed E-state index contributed by atoms with van der Waals surface area (Å²) in [6.07, 6.45) is 8.26. The summed E-state index contributed by atoms with van der Waals surface area (Å²) in [7, 11) is 0. The van der Waals surface area contributed by atoms with Gasteiger partial charge in [0, 0.05) is 24.5 Å². The molecule has 0 unspecified atom stereocenters. The Bertz CT molecular complexity index is 690. The van der Waals surface area contributed by atoms with Crippen LogP contribution in [0.2, 0.25) is 0 Å². The number of nitrogens with zero attached hydrogens (tertiary/aromatic N) is 2. The molecule has 0 spiro atoms. The second kappa shape index (κ2) is 6.99. The lowest BCUT2D eigenvalue weighted by molar-refractivity contribution is 0.577. The second-order valence-corrected chi connectivity index (χ2v) is 6.69. The third-order valence-electron chi connectivity index (χ3n) is 4.37. The average molecular weight is 306 g/mol. The fraction of sp³-hybridized carbons (Fsp3) is 0.381. The van der Waals surface area contributed by atoms with Gasteiger partial charge in [0.15, 0.2) is 0 Å². The second-order valence-electron chi connectivity index (χ2n) is 6.69. The summed E-state index contributed by atoms with van der Waals surface area (Å²) in [4.78, 5) is 7.17. The standard InChI is InChI=1S/C21H26N2/c1-16-11-17(2)13-19(12-16)7-8-20-15-21(14-18(3)22-20)23-9-5-4-6-10-23/h7-8,11-15H,4-6,9-10H2,1-3H3/b8-7+. The minimum absolute atomic E-state index is 1.05. The summed E-state index contributed by atoms with van der Waals surface area (Å²) in [5.41, 5.74) is 7.30. The van der Waals surface area contributed by atoms with E-state index in [2.05, 4.69) is 73.1 Å². The van der Waals surface area contributed by atoms with Crippen molar-refractivity contribution in [3.8, 4) is 0 Å². The maximum Gasteiger partial charge on any atom is 0.0653 e. The molecule has 0 amide bonds. The van der Waals surface area contributed by atoms with Gasteiger partial charge < -0.3 is 4.90 Å². The lowest BCUT2D eigenvalue weighted by atomic mass is 10.1. The van der Waals surface area contributed by atoms with Gasteiger partial charge in [-0.15, -0.1) is 0 Å². The van der Waals surface area contributed by atoms with Crippen LogP contribution >= 0.6 is 0 Å². The van der Waals surface area contributed by atoms with Crippen LogP contribution in [-0.4, -0.2) is 18.1 Å². The largest absolute Gasteiger partial charge is 0.371 e. The highest BCUT2D eigenvalue weighted by Crippen LogP contribution is 2.22. The van der Waals surface area contributed by atoms with Gasteiger partial charge in [0.25, 0.3) is 0 Å². The first kappa shape index (κ1) is 15.8. The van der Waals surface area contributed by atoms with Crippen LogP contribution < -0.4 is 4.90 Å². The van der Waals surface area contributed by atoms with Crippen molar-refractivity contribution in [2.75, 3.05) is 18.0 Å². The lowest BCUT2D eigenvalue weighted by Crippen LogP contribution is -2.29. The maximum absolute atomic E-state index is 4.68. The van der Waals surface area contributed by atoms with Crippen molar-refractivity contribution in [1.82, 2.24) is 4.98 Å². The third-order valence-corrected chi connectivity index (χ3v) is 4.37. The monoisotopic (exact) mass is 306 g/mol. The quantitative estimate of drug-likeness (QED) is 0.778. The average Bonchev–Trinajstić information content (AvgIpc) is 2.52. The van der Waals surface area contributed by atoms with E-state index >= 15 is 0 Å². The number of piperidine rings is 1. The van der Waals surface area contributed by atoms with Gasteiger partial charge in [0.1, 0.15) is 0 Å². The van der Waals surface area contributed by atoms with Crippen molar-refractivity contribution < 1.29 is 0 Å². The van der Waals surface area contributed by atoms with Crippen molar-refractivity contribution in [1.29, 1.82) is 0 Å². The highest BCUT2D eigenvalue weighted by atomic mass is 15.1. The molecule has 1 aliphatic heterocycles. The molecule has 23 heavy (non-hydrogen) atoms. The van der Waals surface area contributed by atoms with E-state index in [-0.39, 0.29) is 0 Å². The van der Waals surface area contributed by atoms with Crippen LogP contribution in [-0.2, 0) is 0 Å². The number of aryl methyl sites for hydroxylation is 3. The molecule has 2 aromatic rings. The van der Waals surface area contributed by atoms with Gasteiger partial charge in [-0.2, -0.15) is 0 Å². The van der Waals surface area contributed by atoms with Crippen LogP contribution in [0, 0.1) is 20.8 Å². The van der Waals surface area contributed by atoms with Crippen LogP contribution in [0.5, 0.6) is 0 Å². The molecule has 120 valence electrons. The molecule has 0 saturated carbocycles. The first-order valence-corrected chi connectivity index (χ1v) is 8.60. The molecule has 1 aromatic heterocycles. The van der Waals surface area contributed by atoms with Crippen molar-refractivity contribution in [3.05, 3.63) is 58.4 Å². The lowest BCUT2D eigenvalue weighted by Gasteiger charge is -2.29. The summed E-state index contributed by atoms with van der Waals surface area (Å²) >= 11 is 0. The van der Waals surface area contributed by atoms with Crippen molar-refractivity contribution in [2.45, 2.75) is 40.0 Å². The van der Waals surface area contributed by atoms with E-state index in [1.165, 1.54) is 54.7 Å². The van der Waals surface area contributed by atoms with E-state index in [0.29, 0.717) is 0 Å². The number of benzene rings is 1. The summed E-state index contributed by atoms with van der Waals surface area (Å²) < 4.78 is 0. The van der Waals surface area contributed by atoms with E-state index in [4.69, 9.17) is 0 Å². The van der Waals surface area contributed by atoms with Crippen LogP contribution in [0.3, 0.4) is 0 Å². The highest BCUT2D eigenvalue weighted by Gasteiger charge is 2.11. The highest BCUT2D eigenvalue weighted by molar-refractivity contribution is 5.70. The Balaban J connectivity index is 1.84. The number of aromatic nitrogens is 1. The van der Waals surface area contributed by atoms with Gasteiger partial charge in [0.2, 0.25) is 0 Å². The van der Waals surface area contributed by atoms with E-state index in [1.54, 1.807) is 0 Å². The Hall–Kier alpha value is -2.09. The van der Waals surface area contributed by atoms with Crippen LogP contribution in [0.15, 0.2) is 30.3 Å². The topological polar surface area (TPSA) is 16.1 Å². The van der Waals surface area contributed by atoms with Crippen molar-refractivity contribution in [2.24, 2.45) is 0 Å². The zero-order valence-corrected chi connectivity index (χ0v) is 14.5. The normalized spacial score (nSPS) is 15.3. The molecule has 0 bridgehead atoms. The van der Waals surface area contributed by atoms with Gasteiger partial charge in [-0.25, -0.2) is 0 Å². The predicted molar refractivity (Wildman–Crippen MR) is 99.9 cm³/mol. The van der Waals surface area contributed by atoms with Crippen molar-refractivity contribution in [3.63, 3.8) is 0 Å². The zero-order valence-electron chi connectivity index (χ0n) is 14.5. The molecule has 0 radical (unpaired) electrons. The molecule has 2 nitrogen and oxygen atoms in total. The maximum atomic E-state index is 4.68. The number of pyridine rings is 1. The third kappa shape index (κ3) is 4.22. The SMILES string of the molecule is Cc1cc(C)cc(/C=C/c2cc(N3CCCCC3)cc(C)n2)c1. The van der Waals surface area contributed by atoms with Gasteiger partial charge in [-0.1, -0.05) is 35.4 Å². The van der Waals surface area contributed by atoms with Gasteiger partial charge in [-0.3, -0.25) is 4.98 Å². The minimum Gasteiger partial charge on any atom is -0.371 e. The fourth-order valence-electron chi connectivity index (χ4n) is 3.38. The fourth-order valence-corrected chi connectivity index (χ4v) is 3.38. The van der Waals surface area contributed by atoms with Gasteiger partial charge in [0.05, 0.1) is 5.69 Å². The Labute approximate surface area is 139 Å². The molecule has 1 saturated heterocycles. The minimum atomic E-state index is 1.05. The van der Waals surface area contributed by atoms with Crippen molar-refractivity contribution >= 4 is 17.8 Å². The van der Waals surface area contributed by atoms with Crippen LogP contribution in [0.25, 0.3) is 12.2 Å². The zero-order chi connectivity index (χ0) is 16.2. The molecule has 0 aliphatic carbocycles. The van der Waals surface area contributed by atoms with E-state index < -0.39 is 0 Å². The summed E-state index contributed by atoms with van der Waals surface area (Å²) in [5.74, 6) is 0. The molecule has 1 fully saturated rings. The molecule has 2 heteroatoms. The molecule has 0 atom stereocenters. The molecule has 3 rings (SSSR count). The molecule has 1 aromatic carbocycles. The van der Waals surface area contributed by atoms with E-state index in [9.17, 15) is 0 Å². The number of hydrogen-bond donors (Lipinski definition) is 0. The number of hydrogen-bond acceptors (Lipinski definition) is 2. The molecule has 1 aliphatic rings. The van der Waals surface area contributed by atoms with Crippen LogP contribution in [0.1, 0.15) is 47.3 Å². The van der Waals surface area contributed by atoms with Crippen LogP contribution in [0.4, 0.5) is 5.69 Å². The Morgan fingerprint density at radius 2 is 1.52 bits per heavy atom. The first-order valence-electron chi connectivity index (χ1n) is 8.60.